The summed E-state index contributed by atoms with van der Waals surface area (Å²) in [7, 11) is 2.11. The Bertz CT molecular complexity index is 385. The number of aliphatic carboxylic acids is 1. The zero-order valence-corrected chi connectivity index (χ0v) is 9.52. The molecule has 86 valence electrons. The summed E-state index contributed by atoms with van der Waals surface area (Å²) in [5.74, 6) is -0.762. The summed E-state index contributed by atoms with van der Waals surface area (Å²) in [6, 6.07) is 8.51. The van der Waals surface area contributed by atoms with Crippen molar-refractivity contribution >= 4 is 5.97 Å². The predicted octanol–water partition coefficient (Wildman–Crippen LogP) is 1.91. The molecule has 0 atom stereocenters. The highest BCUT2D eigenvalue weighted by atomic mass is 16.4. The first-order valence-corrected chi connectivity index (χ1v) is 5.65. The van der Waals surface area contributed by atoms with Gasteiger partial charge >= 0.3 is 5.97 Å². The lowest BCUT2D eigenvalue weighted by atomic mass is 10.0. The molecule has 1 N–H and O–H groups in total. The highest BCUT2D eigenvalue weighted by Crippen LogP contribution is 2.27. The number of nitrogens with zero attached hydrogens (tertiary/aromatic N) is 1. The van der Waals surface area contributed by atoms with E-state index in [0.717, 1.165) is 17.7 Å². The van der Waals surface area contributed by atoms with Gasteiger partial charge in [-0.2, -0.15) is 0 Å². The lowest BCUT2D eigenvalue weighted by molar-refractivity contribution is -0.136. The second kappa shape index (κ2) is 4.66. The average Bonchev–Trinajstić information content (AvgIpc) is 3.03. The van der Waals surface area contributed by atoms with Crippen LogP contribution in [0.25, 0.3) is 0 Å². The molecule has 0 bridgehead atoms. The molecule has 1 saturated carbocycles. The van der Waals surface area contributed by atoms with Crippen molar-refractivity contribution in [3.63, 3.8) is 0 Å². The molecule has 0 radical (unpaired) electrons. The number of carboxylic acid groups (broad SMARTS) is 1. The molecule has 0 unspecified atom stereocenters. The van der Waals surface area contributed by atoms with Crippen molar-refractivity contribution in [2.24, 2.45) is 0 Å². The molecule has 0 aliphatic heterocycles. The monoisotopic (exact) mass is 219 g/mol. The Morgan fingerprint density at radius 1 is 1.38 bits per heavy atom. The third-order valence-electron chi connectivity index (χ3n) is 3.05. The van der Waals surface area contributed by atoms with E-state index >= 15 is 0 Å². The van der Waals surface area contributed by atoms with Crippen LogP contribution in [0.4, 0.5) is 0 Å². The maximum absolute atomic E-state index is 10.7. The van der Waals surface area contributed by atoms with Crippen LogP contribution < -0.4 is 0 Å². The fraction of sp³-hybridized carbons (Fsp3) is 0.462. The first-order chi connectivity index (χ1) is 7.66. The summed E-state index contributed by atoms with van der Waals surface area (Å²) in [5.41, 5.74) is 2.07. The first-order valence-electron chi connectivity index (χ1n) is 5.65. The molecule has 1 aromatic rings. The van der Waals surface area contributed by atoms with Gasteiger partial charge in [-0.25, -0.2) is 0 Å². The summed E-state index contributed by atoms with van der Waals surface area (Å²) in [6.07, 6.45) is 2.67. The SMILES string of the molecule is CN(Cc1ccccc1CC(=O)O)C1CC1. The van der Waals surface area contributed by atoms with Crippen molar-refractivity contribution in [1.29, 1.82) is 0 Å². The van der Waals surface area contributed by atoms with Gasteiger partial charge in [0.05, 0.1) is 6.42 Å². The zero-order chi connectivity index (χ0) is 11.5. The second-order valence-corrected chi connectivity index (χ2v) is 4.49. The van der Waals surface area contributed by atoms with E-state index in [0.29, 0.717) is 6.04 Å². The summed E-state index contributed by atoms with van der Waals surface area (Å²) in [4.78, 5) is 13.0. The molecule has 3 heteroatoms. The predicted molar refractivity (Wildman–Crippen MR) is 62.3 cm³/mol. The van der Waals surface area contributed by atoms with E-state index in [1.165, 1.54) is 12.8 Å². The van der Waals surface area contributed by atoms with Crippen molar-refractivity contribution < 1.29 is 9.90 Å². The third-order valence-corrected chi connectivity index (χ3v) is 3.05. The van der Waals surface area contributed by atoms with Gasteiger partial charge < -0.3 is 5.11 Å². The number of rotatable bonds is 5. The van der Waals surface area contributed by atoms with Gasteiger partial charge in [0.25, 0.3) is 0 Å². The number of carboxylic acids is 1. The van der Waals surface area contributed by atoms with E-state index in [1.807, 2.05) is 24.3 Å². The number of benzene rings is 1. The minimum atomic E-state index is -0.762. The maximum Gasteiger partial charge on any atom is 0.307 e. The molecule has 16 heavy (non-hydrogen) atoms. The van der Waals surface area contributed by atoms with Gasteiger partial charge in [-0.05, 0) is 31.0 Å². The highest BCUT2D eigenvalue weighted by molar-refractivity contribution is 5.70. The smallest absolute Gasteiger partial charge is 0.307 e. The topological polar surface area (TPSA) is 40.5 Å². The Morgan fingerprint density at radius 3 is 2.56 bits per heavy atom. The van der Waals surface area contributed by atoms with Crippen molar-refractivity contribution in [2.45, 2.75) is 31.8 Å². The van der Waals surface area contributed by atoms with Crippen LogP contribution in [0.15, 0.2) is 24.3 Å². The standard InChI is InChI=1S/C13H17NO2/c1-14(12-6-7-12)9-11-5-3-2-4-10(11)8-13(15)16/h2-5,12H,6-9H2,1H3,(H,15,16). The second-order valence-electron chi connectivity index (χ2n) is 4.49. The molecule has 0 amide bonds. The molecule has 3 nitrogen and oxygen atoms in total. The fourth-order valence-corrected chi connectivity index (χ4v) is 1.96. The Labute approximate surface area is 95.7 Å². The maximum atomic E-state index is 10.7. The molecule has 0 aromatic heterocycles. The van der Waals surface area contributed by atoms with Crippen LogP contribution in [-0.2, 0) is 17.8 Å². The normalized spacial score (nSPS) is 15.4. The van der Waals surface area contributed by atoms with Crippen LogP contribution in [0.1, 0.15) is 24.0 Å². The minimum absolute atomic E-state index is 0.120. The van der Waals surface area contributed by atoms with Crippen LogP contribution in [0.5, 0.6) is 0 Å². The molecule has 0 spiro atoms. The molecule has 0 heterocycles. The van der Waals surface area contributed by atoms with Gasteiger partial charge in [-0.15, -0.1) is 0 Å². The average molecular weight is 219 g/mol. The lowest BCUT2D eigenvalue weighted by Gasteiger charge is -2.17. The summed E-state index contributed by atoms with van der Waals surface area (Å²) < 4.78 is 0. The molecule has 1 aromatic carbocycles. The Balaban J connectivity index is 2.08. The van der Waals surface area contributed by atoms with Crippen LogP contribution in [-0.4, -0.2) is 29.1 Å². The third kappa shape index (κ3) is 2.83. The summed E-state index contributed by atoms with van der Waals surface area (Å²) in [5, 5.41) is 8.83. The van der Waals surface area contributed by atoms with Crippen LogP contribution in [0.3, 0.4) is 0 Å². The molecule has 1 aliphatic carbocycles. The van der Waals surface area contributed by atoms with Gasteiger partial charge in [0, 0.05) is 12.6 Å². The van der Waals surface area contributed by atoms with Crippen LogP contribution in [0, 0.1) is 0 Å². The molecular formula is C13H17NO2. The van der Waals surface area contributed by atoms with E-state index in [-0.39, 0.29) is 6.42 Å². The first kappa shape index (κ1) is 11.1. The molecule has 1 fully saturated rings. The minimum Gasteiger partial charge on any atom is -0.481 e. The number of hydrogen-bond acceptors (Lipinski definition) is 2. The van der Waals surface area contributed by atoms with Crippen LogP contribution in [0.2, 0.25) is 0 Å². The highest BCUT2D eigenvalue weighted by Gasteiger charge is 2.26. The molecule has 0 saturated heterocycles. The zero-order valence-electron chi connectivity index (χ0n) is 9.52. The molecule has 2 rings (SSSR count). The Kier molecular flexibility index (Phi) is 3.25. The van der Waals surface area contributed by atoms with Crippen molar-refractivity contribution in [1.82, 2.24) is 4.90 Å². The Morgan fingerprint density at radius 2 is 2.00 bits per heavy atom. The fourth-order valence-electron chi connectivity index (χ4n) is 1.96. The van der Waals surface area contributed by atoms with E-state index in [4.69, 9.17) is 5.11 Å². The van der Waals surface area contributed by atoms with Crippen molar-refractivity contribution in [3.05, 3.63) is 35.4 Å². The van der Waals surface area contributed by atoms with Gasteiger partial charge in [0.15, 0.2) is 0 Å². The lowest BCUT2D eigenvalue weighted by Crippen LogP contribution is -2.21. The largest absolute Gasteiger partial charge is 0.481 e. The van der Waals surface area contributed by atoms with Crippen LogP contribution >= 0.6 is 0 Å². The quantitative estimate of drug-likeness (QED) is 0.822. The van der Waals surface area contributed by atoms with E-state index in [1.54, 1.807) is 0 Å². The number of carbonyl (C=O) groups is 1. The molecular weight excluding hydrogens is 202 g/mol. The number of hydrogen-bond donors (Lipinski definition) is 1. The van der Waals surface area contributed by atoms with Crippen molar-refractivity contribution in [2.75, 3.05) is 7.05 Å². The van der Waals surface area contributed by atoms with Crippen molar-refractivity contribution in [3.8, 4) is 0 Å². The van der Waals surface area contributed by atoms with Gasteiger partial charge in [-0.3, -0.25) is 9.69 Å². The summed E-state index contributed by atoms with van der Waals surface area (Å²) >= 11 is 0. The van der Waals surface area contributed by atoms with E-state index < -0.39 is 5.97 Å². The Hall–Kier alpha value is -1.35. The summed E-state index contributed by atoms with van der Waals surface area (Å²) in [6.45, 7) is 0.855. The van der Waals surface area contributed by atoms with Gasteiger partial charge in [0.2, 0.25) is 0 Å². The van der Waals surface area contributed by atoms with Gasteiger partial charge in [0.1, 0.15) is 0 Å². The van der Waals surface area contributed by atoms with Gasteiger partial charge in [-0.1, -0.05) is 24.3 Å². The molecule has 1 aliphatic rings. The van der Waals surface area contributed by atoms with E-state index in [2.05, 4.69) is 11.9 Å². The van der Waals surface area contributed by atoms with E-state index in [9.17, 15) is 4.79 Å².